The number of halogens is 2. The number of anilines is 3. The lowest BCUT2D eigenvalue weighted by Crippen LogP contribution is -2.61. The van der Waals surface area contributed by atoms with Crippen molar-refractivity contribution in [3.05, 3.63) is 59.8 Å². The molecule has 170 valence electrons. The van der Waals surface area contributed by atoms with E-state index in [1.165, 1.54) is 18.3 Å². The van der Waals surface area contributed by atoms with E-state index in [4.69, 9.17) is 0 Å². The zero-order valence-electron chi connectivity index (χ0n) is 19.1. The lowest BCUT2D eigenvalue weighted by molar-refractivity contribution is -0.110. The topological polar surface area (TPSA) is 56.4 Å². The van der Waals surface area contributed by atoms with Crippen LogP contribution in [0.4, 0.5) is 25.8 Å². The van der Waals surface area contributed by atoms with Gasteiger partial charge in [-0.3, -0.25) is 9.69 Å². The Kier molecular flexibility index (Phi) is 5.49. The Morgan fingerprint density at radius 2 is 1.75 bits per heavy atom. The van der Waals surface area contributed by atoms with Crippen molar-refractivity contribution in [2.75, 3.05) is 23.0 Å². The van der Waals surface area contributed by atoms with Gasteiger partial charge in [0.25, 0.3) is 5.91 Å². The summed E-state index contributed by atoms with van der Waals surface area (Å²) in [5, 5.41) is 8.93. The maximum atomic E-state index is 14.9. The van der Waals surface area contributed by atoms with Crippen LogP contribution in [-0.2, 0) is 4.79 Å². The molecule has 3 N–H and O–H groups in total. The molecule has 2 heterocycles. The zero-order valence-corrected chi connectivity index (χ0v) is 19.1. The van der Waals surface area contributed by atoms with Gasteiger partial charge in [-0.25, -0.2) is 8.78 Å². The minimum atomic E-state index is -0.483. The predicted octanol–water partition coefficient (Wildman–Crippen LogP) is 5.43. The standard InChI is InChI=1S/C25H30F2N4O/c1-24(2)12-16(13-25(3,4)31(24)5)29-20-10-9-15(11-19(20)27)28-14-17-22-18(26)7-6-8-21(22)30-23(17)32/h6-11,14,16,28-29H,12-13H2,1-5H3,(H,30,32)/b17-14-. The summed E-state index contributed by atoms with van der Waals surface area (Å²) in [5.41, 5.74) is 1.74. The molecule has 4 rings (SSSR count). The summed E-state index contributed by atoms with van der Waals surface area (Å²) in [7, 11) is 2.14. The van der Waals surface area contributed by atoms with E-state index in [0.29, 0.717) is 17.1 Å². The number of carbonyl (C=O) groups excluding carboxylic acids is 1. The molecule has 1 saturated heterocycles. The predicted molar refractivity (Wildman–Crippen MR) is 126 cm³/mol. The number of carbonyl (C=O) groups is 1. The van der Waals surface area contributed by atoms with Crippen LogP contribution in [-0.4, -0.2) is 35.0 Å². The highest BCUT2D eigenvalue weighted by molar-refractivity contribution is 6.31. The molecular formula is C25H30F2N4O. The Labute approximate surface area is 187 Å². The molecule has 2 aromatic rings. The second-order valence-electron chi connectivity index (χ2n) is 9.95. The Bertz CT molecular complexity index is 1080. The summed E-state index contributed by atoms with van der Waals surface area (Å²) >= 11 is 0. The van der Waals surface area contributed by atoms with Crippen LogP contribution in [0.2, 0.25) is 0 Å². The number of nitrogens with zero attached hydrogens (tertiary/aromatic N) is 1. The number of fused-ring (bicyclic) bond motifs is 1. The summed E-state index contributed by atoms with van der Waals surface area (Å²) < 4.78 is 29.1. The van der Waals surface area contributed by atoms with Crippen LogP contribution in [0.3, 0.4) is 0 Å². The maximum Gasteiger partial charge on any atom is 0.257 e. The van der Waals surface area contributed by atoms with Gasteiger partial charge in [0.15, 0.2) is 0 Å². The molecule has 2 aliphatic rings. The molecule has 1 amide bonds. The van der Waals surface area contributed by atoms with Crippen LogP contribution >= 0.6 is 0 Å². The summed E-state index contributed by atoms with van der Waals surface area (Å²) in [6.07, 6.45) is 3.21. The van der Waals surface area contributed by atoms with Crippen molar-refractivity contribution in [3.63, 3.8) is 0 Å². The SMILES string of the molecule is CN1C(C)(C)CC(Nc2ccc(N/C=C3\C(=O)Nc4cccc(F)c43)cc2F)CC1(C)C. The van der Waals surface area contributed by atoms with Gasteiger partial charge < -0.3 is 16.0 Å². The van der Waals surface area contributed by atoms with Gasteiger partial charge in [0.1, 0.15) is 11.6 Å². The van der Waals surface area contributed by atoms with Gasteiger partial charge >= 0.3 is 0 Å². The van der Waals surface area contributed by atoms with E-state index in [1.54, 1.807) is 24.3 Å². The Balaban J connectivity index is 1.49. The van der Waals surface area contributed by atoms with Crippen molar-refractivity contribution in [3.8, 4) is 0 Å². The minimum absolute atomic E-state index is 0.00298. The molecule has 2 aromatic carbocycles. The van der Waals surface area contributed by atoms with E-state index < -0.39 is 11.7 Å². The number of benzene rings is 2. The first-order chi connectivity index (χ1) is 15.0. The highest BCUT2D eigenvalue weighted by atomic mass is 19.1. The lowest BCUT2D eigenvalue weighted by Gasteiger charge is -2.53. The smallest absolute Gasteiger partial charge is 0.257 e. The van der Waals surface area contributed by atoms with Crippen molar-refractivity contribution >= 4 is 28.5 Å². The van der Waals surface area contributed by atoms with Crippen LogP contribution in [0, 0.1) is 11.6 Å². The summed E-state index contributed by atoms with van der Waals surface area (Å²) in [5.74, 6) is -1.27. The van der Waals surface area contributed by atoms with Crippen molar-refractivity contribution in [2.24, 2.45) is 0 Å². The normalized spacial score (nSPS) is 21.3. The highest BCUT2D eigenvalue weighted by Crippen LogP contribution is 2.38. The largest absolute Gasteiger partial charge is 0.380 e. The number of piperidine rings is 1. The molecule has 0 atom stereocenters. The molecule has 0 aliphatic carbocycles. The fraction of sp³-hybridized carbons (Fsp3) is 0.400. The average Bonchev–Trinajstić information content (AvgIpc) is 3.02. The van der Waals surface area contributed by atoms with Gasteiger partial charge in [-0.1, -0.05) is 6.07 Å². The second kappa shape index (κ2) is 7.89. The highest BCUT2D eigenvalue weighted by Gasteiger charge is 2.43. The summed E-state index contributed by atoms with van der Waals surface area (Å²) in [6, 6.07) is 9.44. The minimum Gasteiger partial charge on any atom is -0.380 e. The molecule has 1 fully saturated rings. The van der Waals surface area contributed by atoms with E-state index in [9.17, 15) is 13.6 Å². The van der Waals surface area contributed by atoms with Crippen LogP contribution in [0.5, 0.6) is 0 Å². The lowest BCUT2D eigenvalue weighted by atomic mass is 9.77. The Morgan fingerprint density at radius 1 is 1.06 bits per heavy atom. The first kappa shape index (κ1) is 22.3. The second-order valence-corrected chi connectivity index (χ2v) is 9.95. The molecule has 2 aliphatic heterocycles. The molecule has 5 nitrogen and oxygen atoms in total. The summed E-state index contributed by atoms with van der Waals surface area (Å²) in [4.78, 5) is 14.6. The van der Waals surface area contributed by atoms with E-state index in [2.05, 4.69) is 55.6 Å². The molecular weight excluding hydrogens is 410 g/mol. The first-order valence-corrected chi connectivity index (χ1v) is 10.8. The van der Waals surface area contributed by atoms with E-state index >= 15 is 0 Å². The fourth-order valence-corrected chi connectivity index (χ4v) is 4.91. The Morgan fingerprint density at radius 3 is 2.41 bits per heavy atom. The van der Waals surface area contributed by atoms with Gasteiger partial charge in [0, 0.05) is 34.6 Å². The molecule has 0 unspecified atom stereocenters. The van der Waals surface area contributed by atoms with Crippen molar-refractivity contribution in [2.45, 2.75) is 57.7 Å². The number of rotatable bonds is 4. The molecule has 0 aromatic heterocycles. The van der Waals surface area contributed by atoms with E-state index in [0.717, 1.165) is 12.8 Å². The van der Waals surface area contributed by atoms with E-state index in [-0.39, 0.29) is 34.1 Å². The van der Waals surface area contributed by atoms with Gasteiger partial charge in [-0.05, 0) is 77.9 Å². The monoisotopic (exact) mass is 440 g/mol. The van der Waals surface area contributed by atoms with Crippen LogP contribution < -0.4 is 16.0 Å². The number of hydrogen-bond acceptors (Lipinski definition) is 4. The molecule has 0 bridgehead atoms. The van der Waals surface area contributed by atoms with Crippen LogP contribution in [0.15, 0.2) is 42.6 Å². The van der Waals surface area contributed by atoms with Crippen molar-refractivity contribution < 1.29 is 13.6 Å². The van der Waals surface area contributed by atoms with Crippen LogP contribution in [0.1, 0.15) is 46.1 Å². The third-order valence-corrected chi connectivity index (χ3v) is 6.80. The van der Waals surface area contributed by atoms with Gasteiger partial charge in [-0.2, -0.15) is 0 Å². The van der Waals surface area contributed by atoms with Crippen LogP contribution in [0.25, 0.3) is 5.57 Å². The van der Waals surface area contributed by atoms with Crippen molar-refractivity contribution in [1.29, 1.82) is 0 Å². The molecule has 7 heteroatoms. The number of amides is 1. The quantitative estimate of drug-likeness (QED) is 0.555. The van der Waals surface area contributed by atoms with E-state index in [1.807, 2.05) is 0 Å². The van der Waals surface area contributed by atoms with Gasteiger partial charge in [0.05, 0.1) is 16.9 Å². The molecule has 0 radical (unpaired) electrons. The molecule has 32 heavy (non-hydrogen) atoms. The first-order valence-electron chi connectivity index (χ1n) is 10.8. The summed E-state index contributed by atoms with van der Waals surface area (Å²) in [6.45, 7) is 8.83. The number of nitrogens with one attached hydrogen (secondary N) is 3. The van der Waals surface area contributed by atoms with Gasteiger partial charge in [-0.15, -0.1) is 0 Å². The average molecular weight is 441 g/mol. The molecule has 0 saturated carbocycles. The Hall–Kier alpha value is -2.93. The number of likely N-dealkylation sites (tertiary alicyclic amines) is 1. The third kappa shape index (κ3) is 4.09. The van der Waals surface area contributed by atoms with Crippen molar-refractivity contribution in [1.82, 2.24) is 4.90 Å². The maximum absolute atomic E-state index is 14.9. The fourth-order valence-electron chi connectivity index (χ4n) is 4.91. The number of hydrogen-bond donors (Lipinski definition) is 3. The zero-order chi connectivity index (χ0) is 23.3. The molecule has 0 spiro atoms. The third-order valence-electron chi connectivity index (χ3n) is 6.80. The van der Waals surface area contributed by atoms with Gasteiger partial charge in [0.2, 0.25) is 0 Å².